The van der Waals surface area contributed by atoms with Gasteiger partial charge < -0.3 is 4.74 Å². The number of hydrogen-bond donors (Lipinski definition) is 1. The molecule has 1 heterocycles. The maximum absolute atomic E-state index is 5.38. The summed E-state index contributed by atoms with van der Waals surface area (Å²) in [5, 5.41) is 3.26. The summed E-state index contributed by atoms with van der Waals surface area (Å²) in [4.78, 5) is 4.41. The van der Waals surface area contributed by atoms with Crippen LogP contribution in [0.2, 0.25) is 0 Å². The summed E-state index contributed by atoms with van der Waals surface area (Å²) < 4.78 is 5.19. The van der Waals surface area contributed by atoms with Gasteiger partial charge in [0.1, 0.15) is 5.75 Å². The molecule has 0 aliphatic rings. The van der Waals surface area contributed by atoms with E-state index in [9.17, 15) is 0 Å². The summed E-state index contributed by atoms with van der Waals surface area (Å²) in [6.07, 6.45) is 6.29. The van der Waals surface area contributed by atoms with Crippen LogP contribution in [0.25, 0.3) is 0 Å². The molecule has 16 heavy (non-hydrogen) atoms. The van der Waals surface area contributed by atoms with Crippen molar-refractivity contribution in [1.82, 2.24) is 10.3 Å². The third-order valence-electron chi connectivity index (χ3n) is 2.35. The highest BCUT2D eigenvalue weighted by Crippen LogP contribution is 2.13. The Bertz CT molecular complexity index is 382. The first-order valence-electron chi connectivity index (χ1n) is 5.40. The van der Waals surface area contributed by atoms with Gasteiger partial charge in [-0.3, -0.25) is 10.3 Å². The highest BCUT2D eigenvalue weighted by Gasteiger charge is 2.04. The van der Waals surface area contributed by atoms with Crippen molar-refractivity contribution in [3.8, 4) is 18.1 Å². The maximum Gasteiger partial charge on any atom is 0.122 e. The molecule has 0 fully saturated rings. The molecule has 1 aromatic heterocycles. The van der Waals surface area contributed by atoms with Crippen LogP contribution >= 0.6 is 0 Å². The Balaban J connectivity index is 2.67. The molecular formula is C13H18N2O. The summed E-state index contributed by atoms with van der Waals surface area (Å²) in [7, 11) is 1.66. The molecule has 1 atom stereocenters. The Kier molecular flexibility index (Phi) is 4.81. The fourth-order valence-electron chi connectivity index (χ4n) is 1.46. The topological polar surface area (TPSA) is 34.1 Å². The molecule has 3 nitrogen and oxygen atoms in total. The predicted octanol–water partition coefficient (Wildman–Crippen LogP) is 1.90. The van der Waals surface area contributed by atoms with Crippen molar-refractivity contribution in [3.63, 3.8) is 0 Å². The van der Waals surface area contributed by atoms with Crippen molar-refractivity contribution < 1.29 is 4.74 Å². The lowest BCUT2D eigenvalue weighted by Crippen LogP contribution is -2.26. The SMILES string of the molecule is C#CC(CC)NCc1cc(OC)cc(C)n1. The zero-order valence-corrected chi connectivity index (χ0v) is 10.1. The lowest BCUT2D eigenvalue weighted by Gasteiger charge is -2.11. The molecule has 0 radical (unpaired) electrons. The molecule has 1 aromatic rings. The first-order valence-corrected chi connectivity index (χ1v) is 5.40. The van der Waals surface area contributed by atoms with Crippen molar-refractivity contribution in [3.05, 3.63) is 23.5 Å². The van der Waals surface area contributed by atoms with E-state index in [1.165, 1.54) is 0 Å². The molecule has 86 valence electrons. The Hall–Kier alpha value is -1.53. The van der Waals surface area contributed by atoms with Crippen LogP contribution in [0.15, 0.2) is 12.1 Å². The van der Waals surface area contributed by atoms with E-state index in [-0.39, 0.29) is 6.04 Å². The third-order valence-corrected chi connectivity index (χ3v) is 2.35. The Morgan fingerprint density at radius 1 is 1.56 bits per heavy atom. The van der Waals surface area contributed by atoms with Gasteiger partial charge in [-0.25, -0.2) is 0 Å². The fourth-order valence-corrected chi connectivity index (χ4v) is 1.46. The molecular weight excluding hydrogens is 200 g/mol. The first-order chi connectivity index (χ1) is 7.69. The van der Waals surface area contributed by atoms with Crippen LogP contribution in [0, 0.1) is 19.3 Å². The van der Waals surface area contributed by atoms with Crippen molar-refractivity contribution in [2.75, 3.05) is 7.11 Å². The summed E-state index contributed by atoms with van der Waals surface area (Å²) >= 11 is 0. The van der Waals surface area contributed by atoms with E-state index < -0.39 is 0 Å². The van der Waals surface area contributed by atoms with Gasteiger partial charge in [0, 0.05) is 24.4 Å². The summed E-state index contributed by atoms with van der Waals surface area (Å²) in [5.41, 5.74) is 1.90. The molecule has 0 aromatic carbocycles. The van der Waals surface area contributed by atoms with Crippen molar-refractivity contribution in [2.24, 2.45) is 0 Å². The lowest BCUT2D eigenvalue weighted by molar-refractivity contribution is 0.412. The van der Waals surface area contributed by atoms with Crippen LogP contribution < -0.4 is 10.1 Å². The largest absolute Gasteiger partial charge is 0.497 e. The molecule has 0 aliphatic carbocycles. The van der Waals surface area contributed by atoms with Crippen molar-refractivity contribution >= 4 is 0 Å². The minimum Gasteiger partial charge on any atom is -0.497 e. The number of nitrogens with zero attached hydrogens (tertiary/aromatic N) is 1. The van der Waals surface area contributed by atoms with E-state index >= 15 is 0 Å². The number of ether oxygens (including phenoxy) is 1. The average molecular weight is 218 g/mol. The van der Waals surface area contributed by atoms with E-state index in [4.69, 9.17) is 11.2 Å². The van der Waals surface area contributed by atoms with Gasteiger partial charge in [-0.05, 0) is 13.3 Å². The first kappa shape index (κ1) is 12.5. The Morgan fingerprint density at radius 3 is 2.88 bits per heavy atom. The van der Waals surface area contributed by atoms with Gasteiger partial charge in [0.15, 0.2) is 0 Å². The molecule has 0 saturated carbocycles. The van der Waals surface area contributed by atoms with Gasteiger partial charge in [0.25, 0.3) is 0 Å². The lowest BCUT2D eigenvalue weighted by atomic mass is 10.2. The molecule has 0 saturated heterocycles. The summed E-state index contributed by atoms with van der Waals surface area (Å²) in [6, 6.07) is 3.93. The highest BCUT2D eigenvalue weighted by molar-refractivity contribution is 5.26. The molecule has 0 bridgehead atoms. The van der Waals surface area contributed by atoms with Crippen LogP contribution in [0.5, 0.6) is 5.75 Å². The average Bonchev–Trinajstić information content (AvgIpc) is 2.29. The number of rotatable bonds is 5. The molecule has 1 N–H and O–H groups in total. The monoisotopic (exact) mass is 218 g/mol. The molecule has 0 aliphatic heterocycles. The third kappa shape index (κ3) is 3.56. The number of aromatic nitrogens is 1. The van der Waals surface area contributed by atoms with Crippen LogP contribution in [0.3, 0.4) is 0 Å². The Morgan fingerprint density at radius 2 is 2.31 bits per heavy atom. The molecule has 0 amide bonds. The smallest absolute Gasteiger partial charge is 0.122 e. The van der Waals surface area contributed by atoms with Crippen LogP contribution in [0.4, 0.5) is 0 Å². The van der Waals surface area contributed by atoms with Gasteiger partial charge in [-0.1, -0.05) is 12.8 Å². The van der Waals surface area contributed by atoms with Crippen LogP contribution in [0.1, 0.15) is 24.7 Å². The molecule has 1 unspecified atom stereocenters. The van der Waals surface area contributed by atoms with Gasteiger partial charge in [0.05, 0.1) is 18.8 Å². The quantitative estimate of drug-likeness (QED) is 0.766. The van der Waals surface area contributed by atoms with Crippen molar-refractivity contribution in [2.45, 2.75) is 32.9 Å². The second-order valence-electron chi connectivity index (χ2n) is 3.65. The number of aryl methyl sites for hydroxylation is 1. The van der Waals surface area contributed by atoms with Crippen LogP contribution in [-0.2, 0) is 6.54 Å². The second kappa shape index (κ2) is 6.14. The fraction of sp³-hybridized carbons (Fsp3) is 0.462. The maximum atomic E-state index is 5.38. The van der Waals surface area contributed by atoms with E-state index in [1.54, 1.807) is 7.11 Å². The van der Waals surface area contributed by atoms with Crippen LogP contribution in [-0.4, -0.2) is 18.1 Å². The van der Waals surface area contributed by atoms with E-state index in [1.807, 2.05) is 19.1 Å². The van der Waals surface area contributed by atoms with Gasteiger partial charge >= 0.3 is 0 Å². The molecule has 0 spiro atoms. The van der Waals surface area contributed by atoms with E-state index in [0.29, 0.717) is 6.54 Å². The second-order valence-corrected chi connectivity index (χ2v) is 3.65. The van der Waals surface area contributed by atoms with Gasteiger partial charge in [-0.2, -0.15) is 0 Å². The minimum atomic E-state index is 0.105. The number of methoxy groups -OCH3 is 1. The predicted molar refractivity (Wildman–Crippen MR) is 65.3 cm³/mol. The standard InChI is InChI=1S/C13H18N2O/c1-5-11(6-2)14-9-12-8-13(16-4)7-10(3)15-12/h1,7-8,11,14H,6,9H2,2-4H3. The number of nitrogens with one attached hydrogen (secondary N) is 1. The normalized spacial score (nSPS) is 11.9. The van der Waals surface area contributed by atoms with Gasteiger partial charge in [-0.15, -0.1) is 6.42 Å². The number of pyridine rings is 1. The minimum absolute atomic E-state index is 0.105. The summed E-state index contributed by atoms with van der Waals surface area (Å²) in [6.45, 7) is 4.67. The Labute approximate surface area is 97.2 Å². The van der Waals surface area contributed by atoms with E-state index in [2.05, 4.69) is 23.1 Å². The van der Waals surface area contributed by atoms with E-state index in [0.717, 1.165) is 23.6 Å². The highest BCUT2D eigenvalue weighted by atomic mass is 16.5. The van der Waals surface area contributed by atoms with Crippen molar-refractivity contribution in [1.29, 1.82) is 0 Å². The zero-order chi connectivity index (χ0) is 12.0. The van der Waals surface area contributed by atoms with Gasteiger partial charge in [0.2, 0.25) is 0 Å². The molecule has 1 rings (SSSR count). The number of hydrogen-bond acceptors (Lipinski definition) is 3. The summed E-state index contributed by atoms with van der Waals surface area (Å²) in [5.74, 6) is 3.53. The molecule has 3 heteroatoms. The number of terminal acetylenes is 1. The zero-order valence-electron chi connectivity index (χ0n) is 10.1.